The van der Waals surface area contributed by atoms with Crippen LogP contribution in [0.4, 0.5) is 26.3 Å². The molecule has 0 amide bonds. The number of aliphatic hydroxyl groups excluding tert-OH is 1. The van der Waals surface area contributed by atoms with E-state index in [0.717, 1.165) is 24.3 Å². The van der Waals surface area contributed by atoms with Gasteiger partial charge in [-0.05, 0) is 24.3 Å². The Labute approximate surface area is 133 Å². The average molecular weight is 381 g/mol. The number of rotatable bonds is 6. The molecule has 0 saturated carbocycles. The van der Waals surface area contributed by atoms with Crippen molar-refractivity contribution in [1.82, 2.24) is 4.72 Å². The molecule has 0 heterocycles. The number of benzene rings is 1. The predicted molar refractivity (Wildman–Crippen MR) is 69.8 cm³/mol. The van der Waals surface area contributed by atoms with Crippen LogP contribution in [0.2, 0.25) is 0 Å². The van der Waals surface area contributed by atoms with Crippen molar-refractivity contribution in [3.05, 3.63) is 24.3 Å². The number of sulfonamides is 1. The summed E-state index contributed by atoms with van der Waals surface area (Å²) in [4.78, 5) is -0.579. The van der Waals surface area contributed by atoms with Gasteiger partial charge in [-0.1, -0.05) is 0 Å². The van der Waals surface area contributed by atoms with Gasteiger partial charge in [0.05, 0.1) is 24.7 Å². The number of ether oxygens (including phenoxy) is 1. The van der Waals surface area contributed by atoms with Gasteiger partial charge in [-0.3, -0.25) is 0 Å². The molecule has 0 aromatic heterocycles. The molecule has 0 aliphatic rings. The summed E-state index contributed by atoms with van der Waals surface area (Å²) < 4.78 is 106. The zero-order valence-electron chi connectivity index (χ0n) is 12.0. The van der Waals surface area contributed by atoms with E-state index in [9.17, 15) is 34.8 Å². The highest BCUT2D eigenvalue weighted by Crippen LogP contribution is 2.41. The highest BCUT2D eigenvalue weighted by atomic mass is 32.2. The maximum absolute atomic E-state index is 12.6. The third-order valence-electron chi connectivity index (χ3n) is 2.98. The van der Waals surface area contributed by atoms with Gasteiger partial charge >= 0.3 is 12.4 Å². The molecular weight excluding hydrogens is 368 g/mol. The lowest BCUT2D eigenvalue weighted by atomic mass is 10.00. The van der Waals surface area contributed by atoms with Gasteiger partial charge in [0, 0.05) is 0 Å². The fourth-order valence-electron chi connectivity index (χ4n) is 1.87. The monoisotopic (exact) mass is 381 g/mol. The molecule has 0 saturated heterocycles. The van der Waals surface area contributed by atoms with Gasteiger partial charge < -0.3 is 9.84 Å². The fourth-order valence-corrected chi connectivity index (χ4v) is 3.11. The summed E-state index contributed by atoms with van der Waals surface area (Å²) in [6, 6.07) is 1.37. The Hall–Kier alpha value is -1.53. The third kappa shape index (κ3) is 4.98. The second-order valence-corrected chi connectivity index (χ2v) is 6.36. The van der Waals surface area contributed by atoms with E-state index in [2.05, 4.69) is 0 Å². The summed E-state index contributed by atoms with van der Waals surface area (Å²) in [5.41, 5.74) is 0. The molecule has 138 valence electrons. The molecule has 1 aromatic carbocycles. The Morgan fingerprint density at radius 3 is 1.88 bits per heavy atom. The number of halogens is 6. The zero-order chi connectivity index (χ0) is 18.8. The van der Waals surface area contributed by atoms with Crippen molar-refractivity contribution in [3.8, 4) is 5.75 Å². The number of hydrogen-bond acceptors (Lipinski definition) is 4. The summed E-state index contributed by atoms with van der Waals surface area (Å²) in [6.07, 6.45) is -11.6. The molecule has 12 heteroatoms. The van der Waals surface area contributed by atoms with Crippen LogP contribution >= 0.6 is 0 Å². The summed E-state index contributed by atoms with van der Waals surface area (Å²) in [5.74, 6) is -3.82. The van der Waals surface area contributed by atoms with E-state index in [1.807, 2.05) is 0 Å². The number of aliphatic hydroxyl groups is 1. The second-order valence-electron chi connectivity index (χ2n) is 4.65. The zero-order valence-corrected chi connectivity index (χ0v) is 12.8. The van der Waals surface area contributed by atoms with Crippen LogP contribution in [0.3, 0.4) is 0 Å². The van der Waals surface area contributed by atoms with E-state index in [1.54, 1.807) is 0 Å². The first-order valence-electron chi connectivity index (χ1n) is 6.23. The topological polar surface area (TPSA) is 75.6 Å². The second kappa shape index (κ2) is 7.15. The van der Waals surface area contributed by atoms with Crippen molar-refractivity contribution in [1.29, 1.82) is 0 Å². The van der Waals surface area contributed by atoms with E-state index in [0.29, 0.717) is 0 Å². The van der Waals surface area contributed by atoms with Crippen molar-refractivity contribution >= 4 is 10.0 Å². The van der Waals surface area contributed by atoms with Crippen LogP contribution < -0.4 is 9.46 Å². The molecule has 1 unspecified atom stereocenters. The van der Waals surface area contributed by atoms with Gasteiger partial charge in [-0.15, -0.1) is 0 Å². The number of nitrogens with one attached hydrogen (secondary N) is 1. The molecule has 0 bridgehead atoms. The average Bonchev–Trinajstić information content (AvgIpc) is 2.43. The molecule has 1 aromatic rings. The Bertz CT molecular complexity index is 627. The van der Waals surface area contributed by atoms with Crippen LogP contribution in [0, 0.1) is 5.92 Å². The van der Waals surface area contributed by atoms with E-state index in [1.165, 1.54) is 11.8 Å². The van der Waals surface area contributed by atoms with E-state index in [-0.39, 0.29) is 5.75 Å². The summed E-state index contributed by atoms with van der Waals surface area (Å²) in [7, 11) is -3.45. The van der Waals surface area contributed by atoms with Gasteiger partial charge in [0.1, 0.15) is 5.75 Å². The smallest absolute Gasteiger partial charge is 0.402 e. The molecule has 0 aliphatic heterocycles. The first-order chi connectivity index (χ1) is 10.8. The van der Waals surface area contributed by atoms with Gasteiger partial charge in [0.15, 0.2) is 5.92 Å². The van der Waals surface area contributed by atoms with E-state index < -0.39 is 45.8 Å². The molecule has 0 spiro atoms. The predicted octanol–water partition coefficient (Wildman–Crippen LogP) is 2.08. The van der Waals surface area contributed by atoms with Crippen LogP contribution in [0.1, 0.15) is 0 Å². The SMILES string of the molecule is COc1ccc(S(=O)(=O)NC(CO)C(C(F)(F)F)C(F)(F)F)cc1. The Morgan fingerprint density at radius 1 is 1.08 bits per heavy atom. The summed E-state index contributed by atoms with van der Waals surface area (Å²) >= 11 is 0. The normalized spacial score (nSPS) is 14.7. The molecule has 1 atom stereocenters. The molecule has 0 aliphatic carbocycles. The lowest BCUT2D eigenvalue weighted by Gasteiger charge is -2.29. The lowest BCUT2D eigenvalue weighted by Crippen LogP contribution is -2.54. The van der Waals surface area contributed by atoms with Gasteiger partial charge in [-0.2, -0.15) is 26.3 Å². The van der Waals surface area contributed by atoms with Gasteiger partial charge in [0.2, 0.25) is 10.0 Å². The number of hydrogen-bond donors (Lipinski definition) is 2. The van der Waals surface area contributed by atoms with Crippen molar-refractivity contribution in [2.45, 2.75) is 23.3 Å². The Balaban J connectivity index is 3.16. The van der Waals surface area contributed by atoms with Crippen LogP contribution in [-0.4, -0.2) is 45.6 Å². The van der Waals surface area contributed by atoms with Crippen LogP contribution in [-0.2, 0) is 10.0 Å². The molecule has 0 radical (unpaired) electrons. The first kappa shape index (κ1) is 20.5. The van der Waals surface area contributed by atoms with Crippen molar-refractivity contribution in [3.63, 3.8) is 0 Å². The minimum absolute atomic E-state index is 0.233. The third-order valence-corrected chi connectivity index (χ3v) is 4.49. The minimum Gasteiger partial charge on any atom is -0.497 e. The van der Waals surface area contributed by atoms with Crippen LogP contribution in [0.25, 0.3) is 0 Å². The molecular formula is C12H13F6NO4S. The Morgan fingerprint density at radius 2 is 1.54 bits per heavy atom. The van der Waals surface area contributed by atoms with Gasteiger partial charge in [-0.25, -0.2) is 13.1 Å². The Kier molecular flexibility index (Phi) is 6.11. The minimum atomic E-state index is -5.80. The maximum Gasteiger partial charge on any atom is 0.402 e. The number of methoxy groups -OCH3 is 1. The van der Waals surface area contributed by atoms with Gasteiger partial charge in [0.25, 0.3) is 0 Å². The molecule has 1 rings (SSSR count). The fraction of sp³-hybridized carbons (Fsp3) is 0.500. The molecule has 5 nitrogen and oxygen atoms in total. The van der Waals surface area contributed by atoms with Crippen molar-refractivity contribution < 1.29 is 44.6 Å². The highest BCUT2D eigenvalue weighted by molar-refractivity contribution is 7.89. The highest BCUT2D eigenvalue weighted by Gasteiger charge is 2.60. The lowest BCUT2D eigenvalue weighted by molar-refractivity contribution is -0.292. The summed E-state index contributed by atoms with van der Waals surface area (Å²) in [6.45, 7) is -1.70. The van der Waals surface area contributed by atoms with Crippen LogP contribution in [0.5, 0.6) is 5.75 Å². The van der Waals surface area contributed by atoms with Crippen LogP contribution in [0.15, 0.2) is 29.2 Å². The summed E-state index contributed by atoms with van der Waals surface area (Å²) in [5, 5.41) is 8.87. The molecule has 2 N–H and O–H groups in total. The largest absolute Gasteiger partial charge is 0.497 e. The number of alkyl halides is 6. The quantitative estimate of drug-likeness (QED) is 0.740. The van der Waals surface area contributed by atoms with E-state index in [4.69, 9.17) is 9.84 Å². The standard InChI is InChI=1S/C12H13F6NO4S/c1-23-7-2-4-8(5-3-7)24(21,22)19-9(6-20)10(11(13,14)15)12(16,17)18/h2-5,9-10,19-20H,6H2,1H3. The molecule has 24 heavy (non-hydrogen) atoms. The molecule has 0 fully saturated rings. The van der Waals surface area contributed by atoms with E-state index >= 15 is 0 Å². The first-order valence-corrected chi connectivity index (χ1v) is 7.72. The van der Waals surface area contributed by atoms with Crippen molar-refractivity contribution in [2.24, 2.45) is 5.92 Å². The van der Waals surface area contributed by atoms with Crippen molar-refractivity contribution in [2.75, 3.05) is 13.7 Å². The maximum atomic E-state index is 12.6.